The van der Waals surface area contributed by atoms with Gasteiger partial charge in [-0.15, -0.1) is 10.2 Å². The Morgan fingerprint density at radius 3 is 2.76 bits per heavy atom. The normalized spacial score (nSPS) is 26.5. The van der Waals surface area contributed by atoms with Crippen LogP contribution in [0.15, 0.2) is 0 Å². The van der Waals surface area contributed by atoms with Gasteiger partial charge < -0.3 is 5.32 Å². The predicted octanol–water partition coefficient (Wildman–Crippen LogP) is 1.68. The quantitative estimate of drug-likeness (QED) is 0.866. The van der Waals surface area contributed by atoms with Crippen molar-refractivity contribution in [1.82, 2.24) is 25.5 Å². The Bertz CT molecular complexity index is 350. The van der Waals surface area contributed by atoms with Gasteiger partial charge in [0.05, 0.1) is 12.6 Å². The van der Waals surface area contributed by atoms with Crippen LogP contribution in [0.25, 0.3) is 0 Å². The van der Waals surface area contributed by atoms with E-state index in [9.17, 15) is 0 Å². The molecule has 1 atom stereocenters. The van der Waals surface area contributed by atoms with Gasteiger partial charge in [0.1, 0.15) is 0 Å². The highest BCUT2D eigenvalue weighted by Crippen LogP contribution is 2.25. The zero-order valence-corrected chi connectivity index (χ0v) is 10.3. The molecule has 1 aromatic rings. The third kappa shape index (κ3) is 2.65. The summed E-state index contributed by atoms with van der Waals surface area (Å²) in [5.41, 5.74) is 0. The molecule has 5 heteroatoms. The van der Waals surface area contributed by atoms with Crippen LogP contribution in [0.1, 0.15) is 56.8 Å². The number of hydrogen-bond donors (Lipinski definition) is 1. The molecule has 2 aliphatic rings. The lowest BCUT2D eigenvalue weighted by atomic mass is 9.89. The molecule has 1 unspecified atom stereocenters. The molecule has 0 radical (unpaired) electrons. The minimum Gasteiger partial charge on any atom is -0.307 e. The lowest BCUT2D eigenvalue weighted by molar-refractivity contribution is 0.290. The highest BCUT2D eigenvalue weighted by atomic mass is 15.6. The lowest BCUT2D eigenvalue weighted by Gasteiger charge is -2.20. The van der Waals surface area contributed by atoms with Crippen molar-refractivity contribution >= 4 is 0 Å². The number of nitrogens with one attached hydrogen (secondary N) is 1. The molecule has 0 bridgehead atoms. The zero-order valence-electron chi connectivity index (χ0n) is 10.3. The topological polar surface area (TPSA) is 55.6 Å². The summed E-state index contributed by atoms with van der Waals surface area (Å²) >= 11 is 0. The van der Waals surface area contributed by atoms with Crippen LogP contribution in [-0.4, -0.2) is 26.8 Å². The van der Waals surface area contributed by atoms with Crippen LogP contribution in [0.5, 0.6) is 0 Å². The summed E-state index contributed by atoms with van der Waals surface area (Å²) in [6.07, 6.45) is 9.18. The fraction of sp³-hybridized carbons (Fsp3) is 0.917. The Labute approximate surface area is 102 Å². The van der Waals surface area contributed by atoms with Crippen molar-refractivity contribution in [3.8, 4) is 0 Å². The molecule has 94 valence electrons. The molecule has 1 N–H and O–H groups in total. The van der Waals surface area contributed by atoms with Crippen LogP contribution in [0.3, 0.4) is 0 Å². The summed E-state index contributed by atoms with van der Waals surface area (Å²) < 4.78 is 0. The number of rotatable bonds is 3. The van der Waals surface area contributed by atoms with Crippen molar-refractivity contribution in [2.45, 2.75) is 57.5 Å². The van der Waals surface area contributed by atoms with Gasteiger partial charge in [0.25, 0.3) is 0 Å². The van der Waals surface area contributed by atoms with Crippen molar-refractivity contribution < 1.29 is 0 Å². The van der Waals surface area contributed by atoms with E-state index in [-0.39, 0.29) is 0 Å². The molecule has 1 aromatic heterocycles. The number of hydrogen-bond acceptors (Lipinski definition) is 4. The van der Waals surface area contributed by atoms with E-state index in [2.05, 4.69) is 20.7 Å². The van der Waals surface area contributed by atoms with Crippen molar-refractivity contribution in [3.05, 3.63) is 5.82 Å². The van der Waals surface area contributed by atoms with Crippen LogP contribution in [0, 0.1) is 5.92 Å². The van der Waals surface area contributed by atoms with Gasteiger partial charge in [0.15, 0.2) is 5.82 Å². The van der Waals surface area contributed by atoms with Gasteiger partial charge in [-0.05, 0) is 43.4 Å². The van der Waals surface area contributed by atoms with Crippen molar-refractivity contribution in [1.29, 1.82) is 0 Å². The summed E-state index contributed by atoms with van der Waals surface area (Å²) in [5, 5.41) is 16.3. The van der Waals surface area contributed by atoms with Gasteiger partial charge in [-0.1, -0.05) is 19.3 Å². The molecule has 3 rings (SSSR count). The Kier molecular flexibility index (Phi) is 3.36. The van der Waals surface area contributed by atoms with Gasteiger partial charge in [-0.25, -0.2) is 0 Å². The first-order valence-electron chi connectivity index (χ1n) is 6.93. The largest absolute Gasteiger partial charge is 0.307 e. The van der Waals surface area contributed by atoms with E-state index in [4.69, 9.17) is 0 Å². The molecule has 17 heavy (non-hydrogen) atoms. The predicted molar refractivity (Wildman–Crippen MR) is 64.4 cm³/mol. The molecular weight excluding hydrogens is 214 g/mol. The summed E-state index contributed by atoms with van der Waals surface area (Å²) in [6.45, 7) is 2.04. The molecule has 0 amide bonds. The van der Waals surface area contributed by atoms with Crippen molar-refractivity contribution in [2.24, 2.45) is 5.92 Å². The maximum atomic E-state index is 4.52. The maximum Gasteiger partial charge on any atom is 0.191 e. The third-order valence-electron chi connectivity index (χ3n) is 3.99. The standard InChI is InChI=1S/C12H21N5/c1-2-5-10(6-3-1)9-17-15-12(14-16-17)11-7-4-8-13-11/h10-11,13H,1-9H2. The Balaban J connectivity index is 1.59. The SMILES string of the molecule is C1CCC(Cn2nnc(C3CCCN3)n2)CC1. The molecular formula is C12H21N5. The molecule has 1 saturated heterocycles. The van der Waals surface area contributed by atoms with Gasteiger partial charge >= 0.3 is 0 Å². The van der Waals surface area contributed by atoms with Crippen LogP contribution in [-0.2, 0) is 6.54 Å². The summed E-state index contributed by atoms with van der Waals surface area (Å²) in [7, 11) is 0. The van der Waals surface area contributed by atoms with Crippen LogP contribution in [0.4, 0.5) is 0 Å². The minimum atomic E-state index is 0.343. The lowest BCUT2D eigenvalue weighted by Crippen LogP contribution is -2.17. The fourth-order valence-corrected chi connectivity index (χ4v) is 2.98. The molecule has 2 fully saturated rings. The van der Waals surface area contributed by atoms with E-state index in [0.29, 0.717) is 6.04 Å². The molecule has 5 nitrogen and oxygen atoms in total. The number of tetrazole rings is 1. The van der Waals surface area contributed by atoms with Crippen molar-refractivity contribution in [2.75, 3.05) is 6.54 Å². The first-order chi connectivity index (χ1) is 8.42. The molecule has 2 heterocycles. The molecule has 0 spiro atoms. The van der Waals surface area contributed by atoms with Gasteiger partial charge in [0, 0.05) is 0 Å². The second-order valence-electron chi connectivity index (χ2n) is 5.36. The second-order valence-corrected chi connectivity index (χ2v) is 5.36. The van der Waals surface area contributed by atoms with Gasteiger partial charge in [0.2, 0.25) is 0 Å². The average Bonchev–Trinajstić information content (AvgIpc) is 3.00. The van der Waals surface area contributed by atoms with E-state index >= 15 is 0 Å². The van der Waals surface area contributed by atoms with Crippen LogP contribution in [0.2, 0.25) is 0 Å². The first-order valence-corrected chi connectivity index (χ1v) is 6.93. The fourth-order valence-electron chi connectivity index (χ4n) is 2.98. The summed E-state index contributed by atoms with van der Waals surface area (Å²) in [4.78, 5) is 1.81. The third-order valence-corrected chi connectivity index (χ3v) is 3.99. The minimum absolute atomic E-state index is 0.343. The summed E-state index contributed by atoms with van der Waals surface area (Å²) in [6, 6.07) is 0.343. The van der Waals surface area contributed by atoms with E-state index in [1.807, 2.05) is 4.80 Å². The molecule has 0 aromatic carbocycles. The first kappa shape index (κ1) is 11.1. The van der Waals surface area contributed by atoms with E-state index in [1.54, 1.807) is 0 Å². The zero-order chi connectivity index (χ0) is 11.5. The van der Waals surface area contributed by atoms with Gasteiger partial charge in [-0.3, -0.25) is 0 Å². The molecule has 1 aliphatic heterocycles. The average molecular weight is 235 g/mol. The smallest absolute Gasteiger partial charge is 0.191 e. The second kappa shape index (κ2) is 5.12. The molecule has 1 saturated carbocycles. The van der Waals surface area contributed by atoms with Crippen LogP contribution >= 0.6 is 0 Å². The monoisotopic (exact) mass is 235 g/mol. The number of nitrogens with zero attached hydrogens (tertiary/aromatic N) is 4. The number of aromatic nitrogens is 4. The Morgan fingerprint density at radius 1 is 1.12 bits per heavy atom. The van der Waals surface area contributed by atoms with Gasteiger partial charge in [-0.2, -0.15) is 4.80 Å². The Hall–Kier alpha value is -0.970. The summed E-state index contributed by atoms with van der Waals surface area (Å²) in [5.74, 6) is 1.65. The van der Waals surface area contributed by atoms with E-state index < -0.39 is 0 Å². The molecule has 1 aliphatic carbocycles. The van der Waals surface area contributed by atoms with E-state index in [1.165, 1.54) is 38.5 Å². The highest BCUT2D eigenvalue weighted by Gasteiger charge is 2.22. The van der Waals surface area contributed by atoms with E-state index in [0.717, 1.165) is 31.3 Å². The maximum absolute atomic E-state index is 4.52. The van der Waals surface area contributed by atoms with Crippen molar-refractivity contribution in [3.63, 3.8) is 0 Å². The highest BCUT2D eigenvalue weighted by molar-refractivity contribution is 4.92. The Morgan fingerprint density at radius 2 is 2.00 bits per heavy atom. The van der Waals surface area contributed by atoms with Crippen LogP contribution < -0.4 is 5.32 Å².